The zero-order valence-corrected chi connectivity index (χ0v) is 11.3. The predicted octanol–water partition coefficient (Wildman–Crippen LogP) is 1.96. The molecule has 1 aromatic rings. The van der Waals surface area contributed by atoms with Crippen LogP contribution in [-0.4, -0.2) is 36.4 Å². The minimum absolute atomic E-state index is 0.206. The molecule has 5 nitrogen and oxygen atoms in total. The summed E-state index contributed by atoms with van der Waals surface area (Å²) in [5.74, 6) is -0.968. The van der Waals surface area contributed by atoms with E-state index in [2.05, 4.69) is 0 Å². The summed E-state index contributed by atoms with van der Waals surface area (Å²) in [6.07, 6.45) is 3.96. The maximum atomic E-state index is 10.8. The van der Waals surface area contributed by atoms with Gasteiger partial charge in [-0.05, 0) is 31.0 Å². The van der Waals surface area contributed by atoms with Gasteiger partial charge in [-0.15, -0.1) is 0 Å². The van der Waals surface area contributed by atoms with E-state index in [4.69, 9.17) is 15.9 Å². The van der Waals surface area contributed by atoms with Crippen molar-refractivity contribution in [1.29, 1.82) is 0 Å². The number of unbranched alkanes of at least 4 members (excludes halogenated alkanes) is 3. The number of aromatic carboxylic acids is 1. The zero-order chi connectivity index (χ0) is 14.3. The number of rotatable bonds is 8. The Bertz CT molecular complexity index is 421. The lowest BCUT2D eigenvalue weighted by Crippen LogP contribution is -2.20. The number of nitrogen functional groups attached to an aromatic ring is 1. The number of nitrogens with two attached hydrogens (primary N) is 1. The molecule has 0 saturated heterocycles. The minimum atomic E-state index is -0.968. The molecule has 0 fully saturated rings. The van der Waals surface area contributed by atoms with E-state index in [0.717, 1.165) is 37.9 Å². The smallest absolute Gasteiger partial charge is 0.335 e. The van der Waals surface area contributed by atoms with E-state index in [1.165, 1.54) is 6.07 Å². The quantitative estimate of drug-likeness (QED) is 0.494. The molecule has 4 N–H and O–H groups in total. The molecule has 0 unspecified atom stereocenters. The van der Waals surface area contributed by atoms with Crippen LogP contribution in [0, 0.1) is 0 Å². The summed E-state index contributed by atoms with van der Waals surface area (Å²) in [4.78, 5) is 12.8. The van der Waals surface area contributed by atoms with E-state index in [1.807, 2.05) is 11.9 Å². The molecular formula is C14H22N2O3. The molecule has 0 saturated carbocycles. The first-order valence-electron chi connectivity index (χ1n) is 6.51. The molecule has 106 valence electrons. The van der Waals surface area contributed by atoms with Crippen molar-refractivity contribution in [3.05, 3.63) is 23.8 Å². The number of hydrogen-bond acceptors (Lipinski definition) is 4. The summed E-state index contributed by atoms with van der Waals surface area (Å²) >= 11 is 0. The van der Waals surface area contributed by atoms with Crippen LogP contribution in [0.4, 0.5) is 11.4 Å². The molecule has 0 heterocycles. The van der Waals surface area contributed by atoms with Crippen LogP contribution in [0.5, 0.6) is 0 Å². The highest BCUT2D eigenvalue weighted by Crippen LogP contribution is 2.23. The Morgan fingerprint density at radius 3 is 2.53 bits per heavy atom. The molecule has 0 amide bonds. The number of carboxylic acids is 1. The largest absolute Gasteiger partial charge is 0.478 e. The van der Waals surface area contributed by atoms with Gasteiger partial charge in [0.25, 0.3) is 0 Å². The second-order valence-corrected chi connectivity index (χ2v) is 4.64. The van der Waals surface area contributed by atoms with Crippen molar-refractivity contribution in [2.75, 3.05) is 30.8 Å². The van der Waals surface area contributed by atoms with Gasteiger partial charge >= 0.3 is 5.97 Å². The van der Waals surface area contributed by atoms with E-state index in [9.17, 15) is 4.79 Å². The maximum absolute atomic E-state index is 10.8. The van der Waals surface area contributed by atoms with E-state index in [0.29, 0.717) is 5.69 Å². The molecule has 0 aliphatic heterocycles. The van der Waals surface area contributed by atoms with Gasteiger partial charge in [-0.1, -0.05) is 12.8 Å². The number of nitrogens with zero attached hydrogens (tertiary/aromatic N) is 1. The van der Waals surface area contributed by atoms with Crippen LogP contribution in [0.25, 0.3) is 0 Å². The van der Waals surface area contributed by atoms with Gasteiger partial charge in [0.15, 0.2) is 0 Å². The van der Waals surface area contributed by atoms with Gasteiger partial charge < -0.3 is 20.8 Å². The van der Waals surface area contributed by atoms with Gasteiger partial charge in [0.2, 0.25) is 0 Å². The van der Waals surface area contributed by atoms with Crippen molar-refractivity contribution in [3.63, 3.8) is 0 Å². The fourth-order valence-electron chi connectivity index (χ4n) is 1.97. The van der Waals surface area contributed by atoms with E-state index in [-0.39, 0.29) is 12.2 Å². The molecule has 0 spiro atoms. The van der Waals surface area contributed by atoms with E-state index >= 15 is 0 Å². The van der Waals surface area contributed by atoms with Gasteiger partial charge in [-0.3, -0.25) is 0 Å². The topological polar surface area (TPSA) is 86.8 Å². The number of aliphatic hydroxyl groups is 1. The fourth-order valence-corrected chi connectivity index (χ4v) is 1.97. The zero-order valence-electron chi connectivity index (χ0n) is 11.3. The third-order valence-corrected chi connectivity index (χ3v) is 3.09. The van der Waals surface area contributed by atoms with Gasteiger partial charge in [0.1, 0.15) is 0 Å². The number of aliphatic hydroxyl groups excluding tert-OH is 1. The van der Waals surface area contributed by atoms with Crippen molar-refractivity contribution in [2.45, 2.75) is 25.7 Å². The summed E-state index contributed by atoms with van der Waals surface area (Å²) in [6.45, 7) is 1.11. The highest BCUT2D eigenvalue weighted by atomic mass is 16.4. The van der Waals surface area contributed by atoms with Gasteiger partial charge in [0, 0.05) is 20.2 Å². The minimum Gasteiger partial charge on any atom is -0.478 e. The van der Waals surface area contributed by atoms with Crippen molar-refractivity contribution < 1.29 is 15.0 Å². The van der Waals surface area contributed by atoms with Gasteiger partial charge in [-0.25, -0.2) is 4.79 Å². The average molecular weight is 266 g/mol. The van der Waals surface area contributed by atoms with Crippen LogP contribution in [0.2, 0.25) is 0 Å². The Morgan fingerprint density at radius 2 is 1.95 bits per heavy atom. The summed E-state index contributed by atoms with van der Waals surface area (Å²) in [5, 5.41) is 17.6. The van der Waals surface area contributed by atoms with Crippen LogP contribution >= 0.6 is 0 Å². The molecule has 0 bridgehead atoms. The van der Waals surface area contributed by atoms with Crippen molar-refractivity contribution in [3.8, 4) is 0 Å². The summed E-state index contributed by atoms with van der Waals surface area (Å²) in [5.41, 5.74) is 7.42. The molecular weight excluding hydrogens is 244 g/mol. The monoisotopic (exact) mass is 266 g/mol. The summed E-state index contributed by atoms with van der Waals surface area (Å²) < 4.78 is 0. The lowest BCUT2D eigenvalue weighted by Gasteiger charge is -2.21. The van der Waals surface area contributed by atoms with Crippen LogP contribution in [-0.2, 0) is 0 Å². The molecule has 1 aromatic carbocycles. The molecule has 19 heavy (non-hydrogen) atoms. The first-order valence-corrected chi connectivity index (χ1v) is 6.51. The third-order valence-electron chi connectivity index (χ3n) is 3.09. The summed E-state index contributed by atoms with van der Waals surface area (Å²) in [7, 11) is 1.94. The predicted molar refractivity (Wildman–Crippen MR) is 76.6 cm³/mol. The number of carboxylic acid groups (broad SMARTS) is 1. The lowest BCUT2D eigenvalue weighted by molar-refractivity contribution is 0.0697. The molecule has 0 radical (unpaired) electrons. The molecule has 0 atom stereocenters. The van der Waals surface area contributed by atoms with E-state index in [1.54, 1.807) is 12.1 Å². The number of anilines is 2. The fraction of sp³-hybridized carbons (Fsp3) is 0.500. The van der Waals surface area contributed by atoms with E-state index < -0.39 is 5.97 Å². The first-order chi connectivity index (χ1) is 9.06. The number of carbonyl (C=O) groups is 1. The van der Waals surface area contributed by atoms with Crippen molar-refractivity contribution >= 4 is 17.3 Å². The highest BCUT2D eigenvalue weighted by molar-refractivity contribution is 5.90. The number of benzene rings is 1. The van der Waals surface area contributed by atoms with Gasteiger partial charge in [-0.2, -0.15) is 0 Å². The number of hydrogen-bond donors (Lipinski definition) is 3. The Hall–Kier alpha value is -1.75. The van der Waals surface area contributed by atoms with Crippen molar-refractivity contribution in [1.82, 2.24) is 0 Å². The molecule has 0 aromatic heterocycles. The molecule has 1 rings (SSSR count). The Kier molecular flexibility index (Phi) is 6.15. The first kappa shape index (κ1) is 15.3. The molecule has 0 aliphatic carbocycles. The van der Waals surface area contributed by atoms with Crippen LogP contribution in [0.3, 0.4) is 0 Å². The van der Waals surface area contributed by atoms with Crippen LogP contribution < -0.4 is 10.6 Å². The third kappa shape index (κ3) is 4.79. The molecule has 5 heteroatoms. The summed E-state index contributed by atoms with van der Waals surface area (Å²) in [6, 6.07) is 4.79. The lowest BCUT2D eigenvalue weighted by atomic mass is 10.1. The SMILES string of the molecule is CN(CCCCCCO)c1ccc(C(=O)O)cc1N. The standard InChI is InChI=1S/C14H22N2O3/c1-16(8-4-2-3-5-9-17)13-7-6-11(14(18)19)10-12(13)15/h6-7,10,17H,2-5,8-9,15H2,1H3,(H,18,19). The Labute approximate surface area is 113 Å². The molecule has 0 aliphatic rings. The average Bonchev–Trinajstić information content (AvgIpc) is 2.38. The second-order valence-electron chi connectivity index (χ2n) is 4.64. The van der Waals surface area contributed by atoms with Crippen LogP contribution in [0.1, 0.15) is 36.0 Å². The van der Waals surface area contributed by atoms with Gasteiger partial charge in [0.05, 0.1) is 16.9 Å². The van der Waals surface area contributed by atoms with Crippen molar-refractivity contribution in [2.24, 2.45) is 0 Å². The Morgan fingerprint density at radius 1 is 1.26 bits per heavy atom. The van der Waals surface area contributed by atoms with Crippen LogP contribution in [0.15, 0.2) is 18.2 Å². The maximum Gasteiger partial charge on any atom is 0.335 e. The normalized spacial score (nSPS) is 10.4. The highest BCUT2D eigenvalue weighted by Gasteiger charge is 2.09. The second kappa shape index (κ2) is 7.63. The Balaban J connectivity index is 2.52.